The summed E-state index contributed by atoms with van der Waals surface area (Å²) in [7, 11) is 4.42. The summed E-state index contributed by atoms with van der Waals surface area (Å²) in [5, 5.41) is 0. The molecule has 4 heteroatoms. The Morgan fingerprint density at radius 1 is 0.875 bits per heavy atom. The van der Waals surface area contributed by atoms with Gasteiger partial charge in [0, 0.05) is 5.57 Å². The van der Waals surface area contributed by atoms with Gasteiger partial charge in [0.1, 0.15) is 13.2 Å². The van der Waals surface area contributed by atoms with Gasteiger partial charge in [-0.15, -0.1) is 0 Å². The molecule has 24 heavy (non-hydrogen) atoms. The number of hydrogen-bond acceptors (Lipinski definition) is 2. The molecule has 0 fully saturated rings. The van der Waals surface area contributed by atoms with Crippen molar-refractivity contribution in [2.75, 3.05) is 33.8 Å². The first-order valence-corrected chi connectivity index (χ1v) is 9.53. The molecule has 0 aromatic rings. The van der Waals surface area contributed by atoms with Gasteiger partial charge in [-0.05, 0) is 19.8 Å². The lowest BCUT2D eigenvalue weighted by Crippen LogP contribution is -3.00. The van der Waals surface area contributed by atoms with E-state index in [-0.39, 0.29) is 29.9 Å². The van der Waals surface area contributed by atoms with E-state index in [1.807, 2.05) is 0 Å². The fourth-order valence-electron chi connectivity index (χ4n) is 2.65. The largest absolute Gasteiger partial charge is 1.00 e. The van der Waals surface area contributed by atoms with E-state index in [0.29, 0.717) is 12.2 Å². The van der Waals surface area contributed by atoms with Crippen LogP contribution in [-0.4, -0.2) is 44.2 Å². The van der Waals surface area contributed by atoms with Crippen molar-refractivity contribution in [3.8, 4) is 0 Å². The molecule has 0 aromatic carbocycles. The number of unbranched alkanes of at least 4 members (excludes halogenated alkanes) is 9. The van der Waals surface area contributed by atoms with Crippen LogP contribution in [0, 0.1) is 0 Å². The van der Waals surface area contributed by atoms with E-state index in [0.717, 1.165) is 17.6 Å². The number of rotatable bonds is 15. The molecular weight excluding hydrogens is 413 g/mol. The maximum atomic E-state index is 11.3. The van der Waals surface area contributed by atoms with Gasteiger partial charge < -0.3 is 33.2 Å². The quantitative estimate of drug-likeness (QED) is 0.125. The molecule has 0 radical (unpaired) electrons. The Kier molecular flexibility index (Phi) is 17.8. The van der Waals surface area contributed by atoms with E-state index in [1.165, 1.54) is 64.2 Å². The normalized spacial score (nSPS) is 11.0. The van der Waals surface area contributed by atoms with Crippen molar-refractivity contribution in [2.24, 2.45) is 0 Å². The minimum absolute atomic E-state index is 0. The number of ether oxygens (including phenoxy) is 1. The molecule has 0 saturated heterocycles. The minimum Gasteiger partial charge on any atom is -1.00 e. The molecule has 0 rings (SSSR count). The van der Waals surface area contributed by atoms with Crippen molar-refractivity contribution in [1.29, 1.82) is 0 Å². The first-order valence-electron chi connectivity index (χ1n) is 9.53. The van der Waals surface area contributed by atoms with Gasteiger partial charge in [0.25, 0.3) is 0 Å². The molecule has 0 saturated carbocycles. The van der Waals surface area contributed by atoms with Crippen LogP contribution in [0.2, 0.25) is 0 Å². The lowest BCUT2D eigenvalue weighted by atomic mass is 10.1. The molecule has 0 bridgehead atoms. The predicted molar refractivity (Wildman–Crippen MR) is 99.5 cm³/mol. The Hall–Kier alpha value is -0.100. The molecular formula is C20H40INO2. The van der Waals surface area contributed by atoms with Crippen molar-refractivity contribution < 1.29 is 38.0 Å². The second-order valence-electron chi connectivity index (χ2n) is 7.48. The number of likely N-dealkylation sites (N-methyl/N-ethyl adjacent to an activating group) is 1. The first kappa shape index (κ1) is 26.1. The molecule has 0 spiro atoms. The number of quaternary nitrogens is 1. The lowest BCUT2D eigenvalue weighted by molar-refractivity contribution is -0.890. The molecule has 144 valence electrons. The molecule has 0 aliphatic heterocycles. The zero-order chi connectivity index (χ0) is 17.6. The Bertz CT molecular complexity index is 330. The van der Waals surface area contributed by atoms with E-state index in [1.54, 1.807) is 6.92 Å². The smallest absolute Gasteiger partial charge is 0.333 e. The van der Waals surface area contributed by atoms with Crippen LogP contribution >= 0.6 is 0 Å². The number of esters is 1. The van der Waals surface area contributed by atoms with Crippen LogP contribution in [0.5, 0.6) is 0 Å². The van der Waals surface area contributed by atoms with Gasteiger partial charge in [-0.1, -0.05) is 64.9 Å². The Morgan fingerprint density at radius 3 is 1.79 bits per heavy atom. The maximum absolute atomic E-state index is 11.3. The average Bonchev–Trinajstić information content (AvgIpc) is 2.48. The summed E-state index contributed by atoms with van der Waals surface area (Å²) in [4.78, 5) is 11.3. The van der Waals surface area contributed by atoms with Gasteiger partial charge in [-0.25, -0.2) is 4.79 Å². The van der Waals surface area contributed by atoms with E-state index in [4.69, 9.17) is 4.74 Å². The van der Waals surface area contributed by atoms with Crippen molar-refractivity contribution in [3.05, 3.63) is 12.2 Å². The topological polar surface area (TPSA) is 26.3 Å². The van der Waals surface area contributed by atoms with Crippen LogP contribution < -0.4 is 24.0 Å². The fourth-order valence-corrected chi connectivity index (χ4v) is 2.65. The highest BCUT2D eigenvalue weighted by molar-refractivity contribution is 5.86. The van der Waals surface area contributed by atoms with E-state index in [9.17, 15) is 4.79 Å². The van der Waals surface area contributed by atoms with Gasteiger partial charge in [-0.3, -0.25) is 0 Å². The van der Waals surface area contributed by atoms with Crippen LogP contribution in [0.3, 0.4) is 0 Å². The zero-order valence-corrected chi connectivity index (χ0v) is 18.7. The third kappa shape index (κ3) is 16.7. The Balaban J connectivity index is 0. The average molecular weight is 453 g/mol. The number of nitrogens with zero attached hydrogens (tertiary/aromatic N) is 1. The SMILES string of the molecule is C=C(C)C(=O)OCC[N+](C)(C)CCCCCCCCCCCC.[I-]. The summed E-state index contributed by atoms with van der Waals surface area (Å²) in [6.45, 7) is 10.1. The van der Waals surface area contributed by atoms with Gasteiger partial charge in [0.2, 0.25) is 0 Å². The number of hydrogen-bond donors (Lipinski definition) is 0. The van der Waals surface area contributed by atoms with Crippen LogP contribution in [-0.2, 0) is 9.53 Å². The molecule has 0 heterocycles. The summed E-state index contributed by atoms with van der Waals surface area (Å²) < 4.78 is 6.10. The minimum atomic E-state index is -0.274. The molecule has 0 aromatic heterocycles. The van der Waals surface area contributed by atoms with E-state index in [2.05, 4.69) is 27.6 Å². The van der Waals surface area contributed by atoms with E-state index >= 15 is 0 Å². The first-order chi connectivity index (χ1) is 10.9. The third-order valence-electron chi connectivity index (χ3n) is 4.40. The summed E-state index contributed by atoms with van der Waals surface area (Å²) in [6, 6.07) is 0. The molecule has 0 amide bonds. The van der Waals surface area contributed by atoms with Crippen LogP contribution in [0.4, 0.5) is 0 Å². The van der Waals surface area contributed by atoms with Crippen LogP contribution in [0.15, 0.2) is 12.2 Å². The monoisotopic (exact) mass is 453 g/mol. The predicted octanol–water partition coefficient (Wildman–Crippen LogP) is 2.11. The van der Waals surface area contributed by atoms with Crippen LogP contribution in [0.1, 0.15) is 78.1 Å². The zero-order valence-electron chi connectivity index (χ0n) is 16.5. The molecule has 0 aliphatic carbocycles. The summed E-state index contributed by atoms with van der Waals surface area (Å²) >= 11 is 0. The van der Waals surface area contributed by atoms with Gasteiger partial charge in [0.05, 0.1) is 20.6 Å². The highest BCUT2D eigenvalue weighted by atomic mass is 127. The lowest BCUT2D eigenvalue weighted by Gasteiger charge is -2.29. The number of carbonyl (C=O) groups is 1. The highest BCUT2D eigenvalue weighted by Gasteiger charge is 2.15. The van der Waals surface area contributed by atoms with Crippen molar-refractivity contribution in [2.45, 2.75) is 78.1 Å². The van der Waals surface area contributed by atoms with Crippen molar-refractivity contribution >= 4 is 5.97 Å². The maximum Gasteiger partial charge on any atom is 0.333 e. The van der Waals surface area contributed by atoms with Gasteiger partial charge >= 0.3 is 5.97 Å². The number of halogens is 1. The van der Waals surface area contributed by atoms with Crippen molar-refractivity contribution in [3.63, 3.8) is 0 Å². The van der Waals surface area contributed by atoms with Crippen LogP contribution in [0.25, 0.3) is 0 Å². The second-order valence-corrected chi connectivity index (χ2v) is 7.48. The molecule has 0 N–H and O–H groups in total. The summed E-state index contributed by atoms with van der Waals surface area (Å²) in [5.74, 6) is -0.274. The molecule has 0 atom stereocenters. The summed E-state index contributed by atoms with van der Waals surface area (Å²) in [5.41, 5.74) is 0.477. The van der Waals surface area contributed by atoms with Gasteiger partial charge in [-0.2, -0.15) is 0 Å². The van der Waals surface area contributed by atoms with Crippen molar-refractivity contribution in [1.82, 2.24) is 0 Å². The third-order valence-corrected chi connectivity index (χ3v) is 4.40. The molecule has 3 nitrogen and oxygen atoms in total. The Labute approximate surface area is 167 Å². The van der Waals surface area contributed by atoms with Gasteiger partial charge in [0.15, 0.2) is 0 Å². The van der Waals surface area contributed by atoms with E-state index < -0.39 is 0 Å². The second kappa shape index (κ2) is 16.4. The molecule has 0 aliphatic rings. The fraction of sp³-hybridized carbons (Fsp3) is 0.850. The standard InChI is InChI=1S/C20H40NO2.HI/c1-6-7-8-9-10-11-12-13-14-15-16-21(4,5)17-18-23-20(22)19(2)3;/h2,6-18H2,1,3-5H3;1H/q+1;/p-1. The Morgan fingerprint density at radius 2 is 1.33 bits per heavy atom. The summed E-state index contributed by atoms with van der Waals surface area (Å²) in [6.07, 6.45) is 13.7. The molecule has 0 unspecified atom stereocenters. The highest BCUT2D eigenvalue weighted by Crippen LogP contribution is 2.11. The number of carbonyl (C=O) groups excluding carboxylic acids is 1.